The van der Waals surface area contributed by atoms with E-state index in [1.807, 2.05) is 12.1 Å². The first kappa shape index (κ1) is 10.8. The molecular weight excluding hydrogens is 275 g/mol. The quantitative estimate of drug-likeness (QED) is 0.819. The normalized spacial score (nSPS) is 16.8. The van der Waals surface area contributed by atoms with E-state index in [9.17, 15) is 0 Å². The molecule has 0 saturated heterocycles. The minimum absolute atomic E-state index is 0.564. The van der Waals surface area contributed by atoms with Gasteiger partial charge in [0.05, 0.1) is 5.02 Å². The van der Waals surface area contributed by atoms with Crippen molar-refractivity contribution < 1.29 is 0 Å². The summed E-state index contributed by atoms with van der Waals surface area (Å²) in [4.78, 5) is 0. The molecule has 0 atom stereocenters. The maximum absolute atomic E-state index is 6.04. The van der Waals surface area contributed by atoms with Gasteiger partial charge in [-0.3, -0.25) is 0 Å². The van der Waals surface area contributed by atoms with Gasteiger partial charge in [0, 0.05) is 15.7 Å². The lowest BCUT2D eigenvalue weighted by Crippen LogP contribution is -1.98. The van der Waals surface area contributed by atoms with Crippen LogP contribution in [0.2, 0.25) is 5.02 Å². The fourth-order valence-corrected chi connectivity index (χ4v) is 2.18. The largest absolute Gasteiger partial charge is 0.404 e. The molecule has 0 aromatic heterocycles. The van der Waals surface area contributed by atoms with Gasteiger partial charge in [0.2, 0.25) is 0 Å². The van der Waals surface area contributed by atoms with Crippen molar-refractivity contribution in [1.29, 1.82) is 0 Å². The predicted octanol–water partition coefficient (Wildman–Crippen LogP) is 3.39. The van der Waals surface area contributed by atoms with E-state index in [0.717, 1.165) is 21.3 Å². The Bertz CT molecular complexity index is 425. The zero-order valence-corrected chi connectivity index (χ0v) is 10.5. The van der Waals surface area contributed by atoms with Crippen LogP contribution in [-0.4, -0.2) is 0 Å². The maximum Gasteiger partial charge on any atom is 0.0555 e. The number of hydrogen-bond acceptors (Lipinski definition) is 2. The average Bonchev–Trinajstić information content (AvgIpc) is 2.99. The molecule has 0 bridgehead atoms. The van der Waals surface area contributed by atoms with Gasteiger partial charge < -0.3 is 11.5 Å². The van der Waals surface area contributed by atoms with Crippen molar-refractivity contribution in [3.05, 3.63) is 33.4 Å². The first-order valence-corrected chi connectivity index (χ1v) is 5.97. The van der Waals surface area contributed by atoms with E-state index in [-0.39, 0.29) is 0 Å². The molecule has 1 aliphatic rings. The highest BCUT2D eigenvalue weighted by atomic mass is 79.9. The van der Waals surface area contributed by atoms with Gasteiger partial charge in [-0.2, -0.15) is 0 Å². The van der Waals surface area contributed by atoms with Crippen molar-refractivity contribution in [2.75, 3.05) is 5.73 Å². The molecule has 80 valence electrons. The van der Waals surface area contributed by atoms with Crippen molar-refractivity contribution in [2.45, 2.75) is 12.8 Å². The predicted molar refractivity (Wildman–Crippen MR) is 68.5 cm³/mol. The number of nitrogens with two attached hydrogens (primary N) is 2. The fraction of sp³-hybridized carbons (Fsp3) is 0.273. The van der Waals surface area contributed by atoms with Crippen molar-refractivity contribution in [3.8, 4) is 0 Å². The molecule has 0 aliphatic heterocycles. The molecule has 15 heavy (non-hydrogen) atoms. The lowest BCUT2D eigenvalue weighted by Gasteiger charge is -2.10. The molecule has 0 amide bonds. The Labute approximate surface area is 102 Å². The van der Waals surface area contributed by atoms with Gasteiger partial charge in [-0.1, -0.05) is 11.6 Å². The van der Waals surface area contributed by atoms with E-state index in [1.54, 1.807) is 6.20 Å². The van der Waals surface area contributed by atoms with Gasteiger partial charge in [-0.25, -0.2) is 0 Å². The van der Waals surface area contributed by atoms with E-state index in [4.69, 9.17) is 23.1 Å². The molecule has 1 saturated carbocycles. The van der Waals surface area contributed by atoms with Gasteiger partial charge in [-0.05, 0) is 58.6 Å². The highest BCUT2D eigenvalue weighted by Gasteiger charge is 2.28. The lowest BCUT2D eigenvalue weighted by molar-refractivity contribution is 1.14. The summed E-state index contributed by atoms with van der Waals surface area (Å²) in [6, 6.07) is 3.70. The van der Waals surface area contributed by atoms with Crippen LogP contribution in [-0.2, 0) is 0 Å². The summed E-state index contributed by atoms with van der Waals surface area (Å²) in [5.41, 5.74) is 14.4. The highest BCUT2D eigenvalue weighted by Crippen LogP contribution is 2.44. The van der Waals surface area contributed by atoms with Crippen LogP contribution in [0.5, 0.6) is 0 Å². The molecule has 0 unspecified atom stereocenters. The van der Waals surface area contributed by atoms with E-state index < -0.39 is 0 Å². The lowest BCUT2D eigenvalue weighted by atomic mass is 10.0. The number of benzene rings is 1. The molecule has 1 aromatic rings. The Hall–Kier alpha value is -0.670. The molecular formula is C11H12BrClN2. The topological polar surface area (TPSA) is 52.0 Å². The van der Waals surface area contributed by atoms with E-state index >= 15 is 0 Å². The number of halogens is 2. The van der Waals surface area contributed by atoms with Crippen molar-refractivity contribution in [1.82, 2.24) is 0 Å². The smallest absolute Gasteiger partial charge is 0.0555 e. The Morgan fingerprint density at radius 2 is 2.13 bits per heavy atom. The molecule has 1 aliphatic carbocycles. The number of rotatable bonds is 2. The highest BCUT2D eigenvalue weighted by molar-refractivity contribution is 9.10. The Morgan fingerprint density at radius 3 is 2.67 bits per heavy atom. The van der Waals surface area contributed by atoms with E-state index in [2.05, 4.69) is 15.9 Å². The van der Waals surface area contributed by atoms with Gasteiger partial charge in [0.1, 0.15) is 0 Å². The van der Waals surface area contributed by atoms with Gasteiger partial charge >= 0.3 is 0 Å². The van der Waals surface area contributed by atoms with Gasteiger partial charge in [-0.15, -0.1) is 0 Å². The minimum Gasteiger partial charge on any atom is -0.404 e. The third kappa shape index (κ3) is 2.13. The molecule has 4 heteroatoms. The number of nitrogen functional groups attached to an aromatic ring is 1. The van der Waals surface area contributed by atoms with Crippen LogP contribution in [0.25, 0.3) is 5.57 Å². The van der Waals surface area contributed by atoms with Gasteiger partial charge in [0.15, 0.2) is 0 Å². The molecule has 1 fully saturated rings. The van der Waals surface area contributed by atoms with Crippen LogP contribution in [0.4, 0.5) is 5.69 Å². The second-order valence-corrected chi connectivity index (χ2v) is 5.01. The van der Waals surface area contributed by atoms with Crippen LogP contribution in [0, 0.1) is 5.92 Å². The zero-order valence-electron chi connectivity index (χ0n) is 8.13. The molecule has 1 aromatic carbocycles. The summed E-state index contributed by atoms with van der Waals surface area (Å²) in [7, 11) is 0. The second kappa shape index (κ2) is 4.06. The fourth-order valence-electron chi connectivity index (χ4n) is 1.65. The first-order chi connectivity index (χ1) is 7.13. The van der Waals surface area contributed by atoms with Crippen LogP contribution in [0.15, 0.2) is 22.8 Å². The summed E-state index contributed by atoms with van der Waals surface area (Å²) >= 11 is 9.38. The van der Waals surface area contributed by atoms with Crippen LogP contribution in [0.3, 0.4) is 0 Å². The van der Waals surface area contributed by atoms with Crippen molar-refractivity contribution in [3.63, 3.8) is 0 Å². The summed E-state index contributed by atoms with van der Waals surface area (Å²) in [5, 5.41) is 0.666. The Kier molecular flexibility index (Phi) is 2.94. The average molecular weight is 288 g/mol. The molecule has 4 N–H and O–H groups in total. The Balaban J connectivity index is 2.46. The summed E-state index contributed by atoms with van der Waals surface area (Å²) in [6.07, 6.45) is 4.03. The molecule has 2 nitrogen and oxygen atoms in total. The second-order valence-electron chi connectivity index (χ2n) is 3.75. The number of anilines is 1. The third-order valence-electron chi connectivity index (χ3n) is 2.60. The molecule has 0 spiro atoms. The standard InChI is InChI=1S/C11H12BrClN2/c12-9-4-11(15)7(3-10(9)13)8(5-14)6-1-2-6/h3-6H,1-2,14-15H2/b8-5-. The van der Waals surface area contributed by atoms with Gasteiger partial charge in [0.25, 0.3) is 0 Å². The minimum atomic E-state index is 0.564. The molecule has 2 rings (SSSR count). The van der Waals surface area contributed by atoms with Crippen LogP contribution >= 0.6 is 27.5 Å². The molecule has 0 heterocycles. The summed E-state index contributed by atoms with van der Waals surface area (Å²) in [6.45, 7) is 0. The number of allylic oxidation sites excluding steroid dienone is 1. The summed E-state index contributed by atoms with van der Waals surface area (Å²) in [5.74, 6) is 0.564. The van der Waals surface area contributed by atoms with E-state index in [1.165, 1.54) is 12.8 Å². The molecule has 0 radical (unpaired) electrons. The van der Waals surface area contributed by atoms with Crippen LogP contribution in [0.1, 0.15) is 18.4 Å². The monoisotopic (exact) mass is 286 g/mol. The Morgan fingerprint density at radius 1 is 1.47 bits per heavy atom. The maximum atomic E-state index is 6.04. The third-order valence-corrected chi connectivity index (χ3v) is 3.80. The van der Waals surface area contributed by atoms with Crippen molar-refractivity contribution in [2.24, 2.45) is 11.7 Å². The van der Waals surface area contributed by atoms with Crippen molar-refractivity contribution >= 4 is 38.8 Å². The zero-order chi connectivity index (χ0) is 11.0. The summed E-state index contributed by atoms with van der Waals surface area (Å²) < 4.78 is 0.817. The first-order valence-electron chi connectivity index (χ1n) is 4.80. The SMILES string of the molecule is N/C=C(\c1cc(Cl)c(Br)cc1N)C1CC1. The number of hydrogen-bond donors (Lipinski definition) is 2. The van der Waals surface area contributed by atoms with Crippen LogP contribution < -0.4 is 11.5 Å². The van der Waals surface area contributed by atoms with E-state index in [0.29, 0.717) is 10.9 Å².